The van der Waals surface area contributed by atoms with E-state index in [1.807, 2.05) is 0 Å². The number of guanidine groups is 1. The van der Waals surface area contributed by atoms with Crippen molar-refractivity contribution < 1.29 is 8.78 Å². The van der Waals surface area contributed by atoms with E-state index in [2.05, 4.69) is 27.0 Å². The predicted octanol–water partition coefficient (Wildman–Crippen LogP) is 3.51. The summed E-state index contributed by atoms with van der Waals surface area (Å²) < 4.78 is 27.0. The van der Waals surface area contributed by atoms with E-state index in [0.717, 1.165) is 31.7 Å². The fourth-order valence-electron chi connectivity index (χ4n) is 3.95. The molecular weight excluding hydrogens is 461 g/mol. The Labute approximate surface area is 178 Å². The summed E-state index contributed by atoms with van der Waals surface area (Å²) in [5.41, 5.74) is 0.387. The molecule has 1 unspecified atom stereocenters. The molecule has 4 nitrogen and oxygen atoms in total. The third-order valence-corrected chi connectivity index (χ3v) is 5.29. The van der Waals surface area contributed by atoms with Crippen molar-refractivity contribution in [2.24, 2.45) is 10.9 Å². The minimum Gasteiger partial charge on any atom is -0.357 e. The van der Waals surface area contributed by atoms with Crippen LogP contribution in [0.15, 0.2) is 23.2 Å². The Balaban J connectivity index is 0.00000261. The lowest BCUT2D eigenvalue weighted by atomic mass is 10.1. The Bertz CT molecular complexity index is 620. The van der Waals surface area contributed by atoms with Crippen LogP contribution in [-0.2, 0) is 6.42 Å². The third-order valence-electron chi connectivity index (χ3n) is 5.29. The maximum absolute atomic E-state index is 13.7. The molecule has 27 heavy (non-hydrogen) atoms. The van der Waals surface area contributed by atoms with Crippen molar-refractivity contribution in [3.05, 3.63) is 35.4 Å². The first-order valence-corrected chi connectivity index (χ1v) is 9.85. The highest BCUT2D eigenvalue weighted by Crippen LogP contribution is 2.20. The van der Waals surface area contributed by atoms with Crippen molar-refractivity contribution in [1.82, 2.24) is 15.1 Å². The van der Waals surface area contributed by atoms with Crippen molar-refractivity contribution in [1.29, 1.82) is 0 Å². The van der Waals surface area contributed by atoms with E-state index in [-0.39, 0.29) is 29.8 Å². The molecule has 1 aromatic rings. The van der Waals surface area contributed by atoms with Crippen molar-refractivity contribution in [3.8, 4) is 0 Å². The second kappa shape index (κ2) is 11.1. The van der Waals surface area contributed by atoms with Crippen LogP contribution in [0.2, 0.25) is 0 Å². The summed E-state index contributed by atoms with van der Waals surface area (Å²) in [6.45, 7) is 9.02. The van der Waals surface area contributed by atoms with Crippen molar-refractivity contribution in [2.45, 2.75) is 32.6 Å². The number of hydrogen-bond acceptors (Lipinski definition) is 2. The number of rotatable bonds is 6. The van der Waals surface area contributed by atoms with Gasteiger partial charge in [0.25, 0.3) is 0 Å². The van der Waals surface area contributed by atoms with Crippen LogP contribution in [0.4, 0.5) is 8.78 Å². The van der Waals surface area contributed by atoms with Crippen LogP contribution in [0.25, 0.3) is 0 Å². The lowest BCUT2D eigenvalue weighted by molar-refractivity contribution is 0.281. The Morgan fingerprint density at radius 1 is 1.22 bits per heavy atom. The van der Waals surface area contributed by atoms with Gasteiger partial charge in [0, 0.05) is 32.7 Å². The lowest BCUT2D eigenvalue weighted by Gasteiger charge is -2.23. The molecule has 0 radical (unpaired) electrons. The minimum absolute atomic E-state index is 0. The van der Waals surface area contributed by atoms with Crippen molar-refractivity contribution >= 4 is 29.9 Å². The summed E-state index contributed by atoms with van der Waals surface area (Å²) in [5, 5.41) is 3.35. The van der Waals surface area contributed by atoms with Crippen LogP contribution in [0.3, 0.4) is 0 Å². The zero-order chi connectivity index (χ0) is 18.4. The van der Waals surface area contributed by atoms with Gasteiger partial charge in [-0.05, 0) is 75.4 Å². The molecular formula is C20H31F2IN4. The molecule has 0 saturated carbocycles. The number of hydrogen-bond donors (Lipinski definition) is 1. The summed E-state index contributed by atoms with van der Waals surface area (Å²) in [6, 6.07) is 3.60. The van der Waals surface area contributed by atoms with E-state index in [0.29, 0.717) is 24.4 Å². The highest BCUT2D eigenvalue weighted by molar-refractivity contribution is 14.0. The third kappa shape index (κ3) is 6.55. The Hall–Kier alpha value is -0.960. The van der Waals surface area contributed by atoms with Gasteiger partial charge in [-0.3, -0.25) is 4.99 Å². The molecule has 2 heterocycles. The molecule has 0 amide bonds. The number of aliphatic imine (C=N–C) groups is 1. The fraction of sp³-hybridized carbons (Fsp3) is 0.650. The van der Waals surface area contributed by atoms with Gasteiger partial charge in [-0.2, -0.15) is 0 Å². The van der Waals surface area contributed by atoms with E-state index < -0.39 is 5.82 Å². The smallest absolute Gasteiger partial charge is 0.193 e. The van der Waals surface area contributed by atoms with Gasteiger partial charge in [-0.25, -0.2) is 8.78 Å². The maximum atomic E-state index is 13.7. The molecule has 152 valence electrons. The molecule has 3 rings (SSSR count). The van der Waals surface area contributed by atoms with Crippen LogP contribution in [0.1, 0.15) is 31.7 Å². The maximum Gasteiger partial charge on any atom is 0.193 e. The van der Waals surface area contributed by atoms with Gasteiger partial charge >= 0.3 is 0 Å². The van der Waals surface area contributed by atoms with Crippen LogP contribution in [0.5, 0.6) is 0 Å². The molecule has 0 spiro atoms. The quantitative estimate of drug-likeness (QED) is 0.375. The molecule has 0 aromatic heterocycles. The highest BCUT2D eigenvalue weighted by Gasteiger charge is 2.27. The second-order valence-corrected chi connectivity index (χ2v) is 7.33. The summed E-state index contributed by atoms with van der Waals surface area (Å²) in [7, 11) is 0. The van der Waals surface area contributed by atoms with Gasteiger partial charge in [0.2, 0.25) is 0 Å². The first-order chi connectivity index (χ1) is 12.7. The van der Waals surface area contributed by atoms with Crippen LogP contribution >= 0.6 is 24.0 Å². The summed E-state index contributed by atoms with van der Waals surface area (Å²) >= 11 is 0. The number of nitrogens with zero attached hydrogens (tertiary/aromatic N) is 3. The Morgan fingerprint density at radius 2 is 2.00 bits per heavy atom. The number of halogens is 3. The summed E-state index contributed by atoms with van der Waals surface area (Å²) in [4.78, 5) is 9.54. The topological polar surface area (TPSA) is 30.9 Å². The average Bonchev–Trinajstić information content (AvgIpc) is 3.30. The average molecular weight is 492 g/mol. The number of benzene rings is 1. The van der Waals surface area contributed by atoms with Crippen LogP contribution in [0, 0.1) is 17.6 Å². The molecule has 1 N–H and O–H groups in total. The normalized spacial score (nSPS) is 20.8. The molecule has 0 aliphatic carbocycles. The largest absolute Gasteiger partial charge is 0.357 e. The van der Waals surface area contributed by atoms with Gasteiger partial charge in [-0.1, -0.05) is 0 Å². The molecule has 0 bridgehead atoms. The van der Waals surface area contributed by atoms with Gasteiger partial charge in [0.05, 0.1) is 0 Å². The van der Waals surface area contributed by atoms with Crippen molar-refractivity contribution in [3.63, 3.8) is 0 Å². The second-order valence-electron chi connectivity index (χ2n) is 7.33. The molecule has 7 heteroatoms. The molecule has 2 aliphatic heterocycles. The summed E-state index contributed by atoms with van der Waals surface area (Å²) in [6.07, 6.45) is 4.26. The molecule has 1 atom stereocenters. The Morgan fingerprint density at radius 3 is 2.74 bits per heavy atom. The monoisotopic (exact) mass is 492 g/mol. The lowest BCUT2D eigenvalue weighted by Crippen LogP contribution is -2.41. The summed E-state index contributed by atoms with van der Waals surface area (Å²) in [5.74, 6) is 0.825. The van der Waals surface area contributed by atoms with Gasteiger partial charge in [-0.15, -0.1) is 24.0 Å². The molecule has 2 saturated heterocycles. The van der Waals surface area contributed by atoms with Crippen LogP contribution < -0.4 is 5.32 Å². The van der Waals surface area contributed by atoms with E-state index in [9.17, 15) is 8.78 Å². The van der Waals surface area contributed by atoms with E-state index in [1.54, 1.807) is 0 Å². The number of nitrogens with one attached hydrogen (secondary N) is 1. The highest BCUT2D eigenvalue weighted by atomic mass is 127. The van der Waals surface area contributed by atoms with Crippen molar-refractivity contribution in [2.75, 3.05) is 45.8 Å². The molecule has 2 aliphatic rings. The SMILES string of the molecule is CCNC(=NCCc1cc(F)ccc1F)N1CCC(CN2CCCC2)C1.I. The predicted molar refractivity (Wildman–Crippen MR) is 117 cm³/mol. The molecule has 2 fully saturated rings. The first kappa shape index (κ1) is 22.3. The minimum atomic E-state index is -0.401. The van der Waals surface area contributed by atoms with Gasteiger partial charge < -0.3 is 15.1 Å². The van der Waals surface area contributed by atoms with Crippen LogP contribution in [-0.4, -0.2) is 61.6 Å². The first-order valence-electron chi connectivity index (χ1n) is 9.85. The molecule has 1 aromatic carbocycles. The zero-order valence-electron chi connectivity index (χ0n) is 16.1. The van der Waals surface area contributed by atoms with E-state index in [4.69, 9.17) is 0 Å². The number of likely N-dealkylation sites (tertiary alicyclic amines) is 2. The Kier molecular flexibility index (Phi) is 9.21. The fourth-order valence-corrected chi connectivity index (χ4v) is 3.95. The van der Waals surface area contributed by atoms with Gasteiger partial charge in [0.1, 0.15) is 11.6 Å². The zero-order valence-corrected chi connectivity index (χ0v) is 18.4. The van der Waals surface area contributed by atoms with E-state index in [1.165, 1.54) is 51.0 Å². The van der Waals surface area contributed by atoms with Gasteiger partial charge in [0.15, 0.2) is 5.96 Å². The standard InChI is InChI=1S/C20H30F2N4.HI/c1-2-23-20(24-9-7-17-13-18(21)5-6-19(17)22)26-12-8-16(15-26)14-25-10-3-4-11-25;/h5-6,13,16H,2-4,7-12,14-15H2,1H3,(H,23,24);1H. The van der Waals surface area contributed by atoms with E-state index >= 15 is 0 Å².